The zero-order valence-corrected chi connectivity index (χ0v) is 9.39. The molecule has 0 aromatic heterocycles. The maximum absolute atomic E-state index is 5.67. The van der Waals surface area contributed by atoms with Crippen LogP contribution in [0.2, 0.25) is 0 Å². The lowest BCUT2D eigenvalue weighted by Gasteiger charge is -2.09. The Morgan fingerprint density at radius 3 is 2.79 bits per heavy atom. The highest BCUT2D eigenvalue weighted by atomic mass is 35.5. The van der Waals surface area contributed by atoms with Crippen molar-refractivity contribution in [3.8, 4) is 5.75 Å². The van der Waals surface area contributed by atoms with Gasteiger partial charge in [-0.2, -0.15) is 0 Å². The summed E-state index contributed by atoms with van der Waals surface area (Å²) in [6.07, 6.45) is 3.06. The van der Waals surface area contributed by atoms with E-state index in [2.05, 4.69) is 13.0 Å². The summed E-state index contributed by atoms with van der Waals surface area (Å²) in [7, 11) is 0. The van der Waals surface area contributed by atoms with Gasteiger partial charge in [0.15, 0.2) is 0 Å². The van der Waals surface area contributed by atoms with Crippen molar-refractivity contribution in [1.29, 1.82) is 0 Å². The van der Waals surface area contributed by atoms with Gasteiger partial charge < -0.3 is 4.74 Å². The molecule has 2 heteroatoms. The van der Waals surface area contributed by atoms with Gasteiger partial charge in [0.2, 0.25) is 0 Å². The Labute approximate surface area is 91.0 Å². The number of ether oxygens (including phenoxy) is 1. The molecule has 0 amide bonds. The second kappa shape index (κ2) is 6.72. The van der Waals surface area contributed by atoms with Gasteiger partial charge in [0, 0.05) is 5.88 Å². The normalized spacial score (nSPS) is 10.1. The minimum absolute atomic E-state index is 0.710. The number of rotatable bonds is 6. The first-order valence-electron chi connectivity index (χ1n) is 5.15. The van der Waals surface area contributed by atoms with Crippen LogP contribution in [0.3, 0.4) is 0 Å². The van der Waals surface area contributed by atoms with Gasteiger partial charge in [-0.1, -0.05) is 25.1 Å². The molecule has 0 radical (unpaired) electrons. The molecular weight excluding hydrogens is 196 g/mol. The van der Waals surface area contributed by atoms with E-state index in [0.29, 0.717) is 5.88 Å². The van der Waals surface area contributed by atoms with Crippen LogP contribution in [0, 0.1) is 0 Å². The van der Waals surface area contributed by atoms with Crippen LogP contribution in [0.15, 0.2) is 24.3 Å². The molecule has 0 N–H and O–H groups in total. The molecule has 0 aliphatic rings. The van der Waals surface area contributed by atoms with Gasteiger partial charge in [-0.05, 0) is 30.9 Å². The van der Waals surface area contributed by atoms with Crippen molar-refractivity contribution in [2.24, 2.45) is 0 Å². The van der Waals surface area contributed by atoms with E-state index in [4.69, 9.17) is 16.3 Å². The third kappa shape index (κ3) is 3.59. The second-order valence-corrected chi connectivity index (χ2v) is 3.63. The van der Waals surface area contributed by atoms with Crippen molar-refractivity contribution >= 4 is 11.6 Å². The number of para-hydroxylation sites is 1. The number of halogens is 1. The summed E-state index contributed by atoms with van der Waals surface area (Å²) in [6.45, 7) is 2.90. The van der Waals surface area contributed by atoms with E-state index in [1.807, 2.05) is 18.2 Å². The van der Waals surface area contributed by atoms with Crippen molar-refractivity contribution in [3.63, 3.8) is 0 Å². The predicted molar refractivity (Wildman–Crippen MR) is 61.3 cm³/mol. The van der Waals surface area contributed by atoms with Crippen LogP contribution in [-0.4, -0.2) is 12.5 Å². The molecule has 1 aromatic carbocycles. The Balaban J connectivity index is 2.60. The molecule has 0 atom stereocenters. The molecule has 0 bridgehead atoms. The lowest BCUT2D eigenvalue weighted by molar-refractivity contribution is 0.314. The summed E-state index contributed by atoms with van der Waals surface area (Å²) in [5, 5.41) is 0. The average molecular weight is 213 g/mol. The van der Waals surface area contributed by atoms with Crippen LogP contribution in [0.1, 0.15) is 25.3 Å². The van der Waals surface area contributed by atoms with E-state index in [9.17, 15) is 0 Å². The Morgan fingerprint density at radius 2 is 2.07 bits per heavy atom. The molecule has 0 heterocycles. The second-order valence-electron chi connectivity index (χ2n) is 3.25. The minimum atomic E-state index is 0.710. The van der Waals surface area contributed by atoms with E-state index in [0.717, 1.165) is 31.6 Å². The van der Waals surface area contributed by atoms with Crippen molar-refractivity contribution in [1.82, 2.24) is 0 Å². The fourth-order valence-electron chi connectivity index (χ4n) is 1.32. The van der Waals surface area contributed by atoms with Crippen LogP contribution in [-0.2, 0) is 6.42 Å². The third-order valence-corrected chi connectivity index (χ3v) is 2.28. The first-order chi connectivity index (χ1) is 6.88. The smallest absolute Gasteiger partial charge is 0.122 e. The maximum Gasteiger partial charge on any atom is 0.122 e. The van der Waals surface area contributed by atoms with Gasteiger partial charge in [0.1, 0.15) is 5.75 Å². The molecule has 14 heavy (non-hydrogen) atoms. The van der Waals surface area contributed by atoms with Crippen LogP contribution < -0.4 is 4.74 Å². The number of hydrogen-bond acceptors (Lipinski definition) is 1. The largest absolute Gasteiger partial charge is 0.493 e. The zero-order chi connectivity index (χ0) is 10.2. The predicted octanol–water partition coefficient (Wildman–Crippen LogP) is 3.65. The lowest BCUT2D eigenvalue weighted by Crippen LogP contribution is -1.99. The first kappa shape index (κ1) is 11.4. The minimum Gasteiger partial charge on any atom is -0.493 e. The van der Waals surface area contributed by atoms with Crippen LogP contribution in [0.4, 0.5) is 0 Å². The van der Waals surface area contributed by atoms with E-state index in [-0.39, 0.29) is 0 Å². The van der Waals surface area contributed by atoms with Gasteiger partial charge in [0.25, 0.3) is 0 Å². The topological polar surface area (TPSA) is 9.23 Å². The van der Waals surface area contributed by atoms with Gasteiger partial charge >= 0.3 is 0 Å². The first-order valence-corrected chi connectivity index (χ1v) is 5.68. The molecule has 1 nitrogen and oxygen atoms in total. The van der Waals surface area contributed by atoms with E-state index in [1.165, 1.54) is 5.56 Å². The molecule has 0 unspecified atom stereocenters. The van der Waals surface area contributed by atoms with E-state index >= 15 is 0 Å². The zero-order valence-electron chi connectivity index (χ0n) is 8.63. The summed E-state index contributed by atoms with van der Waals surface area (Å²) >= 11 is 5.67. The summed E-state index contributed by atoms with van der Waals surface area (Å²) in [5.74, 6) is 1.72. The van der Waals surface area contributed by atoms with Crippen molar-refractivity contribution in [2.45, 2.75) is 26.2 Å². The number of benzene rings is 1. The summed E-state index contributed by atoms with van der Waals surface area (Å²) < 4.78 is 5.64. The Bertz CT molecular complexity index is 233. The Morgan fingerprint density at radius 1 is 1.29 bits per heavy atom. The van der Waals surface area contributed by atoms with Crippen LogP contribution in [0.25, 0.3) is 0 Å². The molecule has 0 spiro atoms. The maximum atomic E-state index is 5.67. The highest BCUT2D eigenvalue weighted by Gasteiger charge is 2.01. The molecule has 1 aromatic rings. The molecule has 1 rings (SSSR count). The van der Waals surface area contributed by atoms with Gasteiger partial charge in [-0.15, -0.1) is 11.6 Å². The summed E-state index contributed by atoms with van der Waals surface area (Å²) in [6, 6.07) is 8.19. The fraction of sp³-hybridized carbons (Fsp3) is 0.500. The number of hydrogen-bond donors (Lipinski definition) is 0. The molecule has 0 saturated heterocycles. The Kier molecular flexibility index (Phi) is 5.46. The van der Waals surface area contributed by atoms with E-state index in [1.54, 1.807) is 0 Å². The lowest BCUT2D eigenvalue weighted by atomic mass is 10.1. The molecular formula is C12H17ClO. The number of aryl methyl sites for hydroxylation is 1. The van der Waals surface area contributed by atoms with Crippen molar-refractivity contribution in [3.05, 3.63) is 29.8 Å². The monoisotopic (exact) mass is 212 g/mol. The van der Waals surface area contributed by atoms with Crippen LogP contribution >= 0.6 is 11.6 Å². The van der Waals surface area contributed by atoms with Crippen molar-refractivity contribution in [2.75, 3.05) is 12.5 Å². The Hall–Kier alpha value is -0.690. The van der Waals surface area contributed by atoms with Crippen molar-refractivity contribution < 1.29 is 4.74 Å². The quantitative estimate of drug-likeness (QED) is 0.655. The molecule has 0 saturated carbocycles. The average Bonchev–Trinajstić information content (AvgIpc) is 2.24. The molecule has 0 fully saturated rings. The third-order valence-electron chi connectivity index (χ3n) is 2.01. The highest BCUT2D eigenvalue weighted by Crippen LogP contribution is 2.19. The molecule has 78 valence electrons. The van der Waals surface area contributed by atoms with E-state index < -0.39 is 0 Å². The SMILES string of the molecule is CCCOc1ccccc1CCCCl. The van der Waals surface area contributed by atoms with Gasteiger partial charge in [-0.3, -0.25) is 0 Å². The fourth-order valence-corrected chi connectivity index (χ4v) is 1.45. The van der Waals surface area contributed by atoms with Gasteiger partial charge in [0.05, 0.1) is 6.61 Å². The summed E-state index contributed by atoms with van der Waals surface area (Å²) in [4.78, 5) is 0. The standard InChI is InChI=1S/C12H17ClO/c1-2-10-14-12-8-4-3-6-11(12)7-5-9-13/h3-4,6,8H,2,5,7,9-10H2,1H3. The molecule has 0 aliphatic carbocycles. The highest BCUT2D eigenvalue weighted by molar-refractivity contribution is 6.17. The molecule has 0 aliphatic heterocycles. The van der Waals surface area contributed by atoms with Crippen LogP contribution in [0.5, 0.6) is 5.75 Å². The number of alkyl halides is 1. The summed E-state index contributed by atoms with van der Waals surface area (Å²) in [5.41, 5.74) is 1.27. The van der Waals surface area contributed by atoms with Gasteiger partial charge in [-0.25, -0.2) is 0 Å².